The van der Waals surface area contributed by atoms with Crippen LogP contribution in [0.4, 0.5) is 0 Å². The molecule has 0 saturated heterocycles. The summed E-state index contributed by atoms with van der Waals surface area (Å²) in [5.41, 5.74) is 0.136. The van der Waals surface area contributed by atoms with Crippen molar-refractivity contribution in [2.75, 3.05) is 13.6 Å². The zero-order chi connectivity index (χ0) is 15.6. The van der Waals surface area contributed by atoms with Crippen LogP contribution >= 0.6 is 11.6 Å². The Labute approximate surface area is 128 Å². The molecule has 0 aromatic carbocycles. The monoisotopic (exact) mass is 310 g/mol. The van der Waals surface area contributed by atoms with E-state index in [1.165, 1.54) is 11.1 Å². The number of carbonyl (C=O) groups is 2. The zero-order valence-electron chi connectivity index (χ0n) is 12.4. The molecule has 0 unspecified atom stereocenters. The molecule has 0 bridgehead atoms. The third-order valence-electron chi connectivity index (χ3n) is 3.15. The molecular weight excluding hydrogens is 292 g/mol. The lowest BCUT2D eigenvalue weighted by atomic mass is 10.2. The predicted molar refractivity (Wildman–Crippen MR) is 79.3 cm³/mol. The fraction of sp³-hybridized carbons (Fsp3) is 0.571. The Kier molecular flexibility index (Phi) is 4.77. The Balaban J connectivity index is 2.06. The van der Waals surface area contributed by atoms with Crippen LogP contribution in [0.15, 0.2) is 6.20 Å². The molecule has 1 saturated carbocycles. The number of nitrogens with zero attached hydrogens (tertiary/aromatic N) is 3. The average molecular weight is 311 g/mol. The third-order valence-corrected chi connectivity index (χ3v) is 3.43. The van der Waals surface area contributed by atoms with Gasteiger partial charge in [-0.05, 0) is 12.8 Å². The second-order valence-corrected chi connectivity index (χ2v) is 5.99. The lowest BCUT2D eigenvalue weighted by Gasteiger charge is -2.17. The van der Waals surface area contributed by atoms with Crippen molar-refractivity contribution in [1.82, 2.24) is 20.2 Å². The molecule has 0 radical (unpaired) electrons. The number of amides is 2. The number of hydrogen-bond acceptors (Lipinski definition) is 4. The molecule has 1 heterocycles. The number of rotatable bonds is 5. The van der Waals surface area contributed by atoms with Gasteiger partial charge in [0.25, 0.3) is 5.91 Å². The molecule has 0 aliphatic heterocycles. The molecule has 0 atom stereocenters. The van der Waals surface area contributed by atoms with Crippen LogP contribution in [-0.4, -0.2) is 46.3 Å². The van der Waals surface area contributed by atoms with Crippen molar-refractivity contribution >= 4 is 23.4 Å². The first kappa shape index (κ1) is 15.7. The maximum atomic E-state index is 12.3. The van der Waals surface area contributed by atoms with Crippen LogP contribution in [0.25, 0.3) is 0 Å². The van der Waals surface area contributed by atoms with Gasteiger partial charge in [-0.2, -0.15) is 0 Å². The second-order valence-electron chi connectivity index (χ2n) is 5.58. The quantitative estimate of drug-likeness (QED) is 0.896. The summed E-state index contributed by atoms with van der Waals surface area (Å²) in [6.07, 6.45) is 3.45. The van der Waals surface area contributed by atoms with Gasteiger partial charge in [-0.25, -0.2) is 9.97 Å². The maximum Gasteiger partial charge on any atom is 0.274 e. The molecular formula is C14H19ClN4O2. The smallest absolute Gasteiger partial charge is 0.274 e. The standard InChI is InChI=1S/C14H19ClN4O2/c1-8(2)13-16-6-10(15)12(18-13)14(21)19(3)7-11(20)17-9-4-5-9/h6,8-9H,4-5,7H2,1-3H3,(H,17,20). The average Bonchev–Trinajstić information content (AvgIpc) is 3.21. The van der Waals surface area contributed by atoms with E-state index in [1.807, 2.05) is 13.8 Å². The van der Waals surface area contributed by atoms with E-state index in [9.17, 15) is 9.59 Å². The molecule has 0 spiro atoms. The van der Waals surface area contributed by atoms with E-state index in [2.05, 4.69) is 15.3 Å². The largest absolute Gasteiger partial charge is 0.352 e. The third kappa shape index (κ3) is 4.14. The van der Waals surface area contributed by atoms with E-state index in [0.29, 0.717) is 5.82 Å². The normalized spacial score (nSPS) is 14.1. The van der Waals surface area contributed by atoms with E-state index in [-0.39, 0.29) is 41.0 Å². The molecule has 1 aromatic rings. The number of likely N-dealkylation sites (N-methyl/N-ethyl adjacent to an activating group) is 1. The minimum Gasteiger partial charge on any atom is -0.352 e. The second kappa shape index (κ2) is 6.39. The Hall–Kier alpha value is -1.69. The summed E-state index contributed by atoms with van der Waals surface area (Å²) in [5.74, 6) is 0.105. The van der Waals surface area contributed by atoms with E-state index in [0.717, 1.165) is 12.8 Å². The van der Waals surface area contributed by atoms with Gasteiger partial charge in [-0.3, -0.25) is 9.59 Å². The van der Waals surface area contributed by atoms with E-state index in [1.54, 1.807) is 7.05 Å². The van der Waals surface area contributed by atoms with Gasteiger partial charge < -0.3 is 10.2 Å². The summed E-state index contributed by atoms with van der Waals surface area (Å²) < 4.78 is 0. The Morgan fingerprint density at radius 3 is 2.71 bits per heavy atom. The molecule has 1 fully saturated rings. The minimum atomic E-state index is -0.379. The fourth-order valence-corrected chi connectivity index (χ4v) is 1.95. The van der Waals surface area contributed by atoms with Gasteiger partial charge in [0.2, 0.25) is 5.91 Å². The Morgan fingerprint density at radius 2 is 2.14 bits per heavy atom. The first-order chi connectivity index (χ1) is 9.88. The molecule has 1 aliphatic carbocycles. The zero-order valence-corrected chi connectivity index (χ0v) is 13.1. The molecule has 2 amide bonds. The molecule has 1 N–H and O–H groups in total. The molecule has 7 heteroatoms. The van der Waals surface area contributed by atoms with E-state index < -0.39 is 0 Å². The highest BCUT2D eigenvalue weighted by atomic mass is 35.5. The molecule has 1 aliphatic rings. The van der Waals surface area contributed by atoms with Crippen LogP contribution in [0, 0.1) is 0 Å². The molecule has 21 heavy (non-hydrogen) atoms. The summed E-state index contributed by atoms with van der Waals surface area (Å²) >= 11 is 6.00. The summed E-state index contributed by atoms with van der Waals surface area (Å²) in [5, 5.41) is 3.03. The summed E-state index contributed by atoms with van der Waals surface area (Å²) in [6, 6.07) is 0.274. The van der Waals surface area contributed by atoms with Gasteiger partial charge in [-0.15, -0.1) is 0 Å². The van der Waals surface area contributed by atoms with Crippen LogP contribution in [-0.2, 0) is 4.79 Å². The van der Waals surface area contributed by atoms with Crippen LogP contribution in [0.5, 0.6) is 0 Å². The number of nitrogens with one attached hydrogen (secondary N) is 1. The summed E-state index contributed by atoms with van der Waals surface area (Å²) in [7, 11) is 1.56. The summed E-state index contributed by atoms with van der Waals surface area (Å²) in [6.45, 7) is 3.86. The first-order valence-electron chi connectivity index (χ1n) is 6.95. The number of halogens is 1. The highest BCUT2D eigenvalue weighted by Gasteiger charge is 2.25. The lowest BCUT2D eigenvalue weighted by Crippen LogP contribution is -2.39. The van der Waals surface area contributed by atoms with Crippen molar-refractivity contribution in [2.45, 2.75) is 38.6 Å². The van der Waals surface area contributed by atoms with Crippen molar-refractivity contribution in [1.29, 1.82) is 0 Å². The molecule has 1 aromatic heterocycles. The fourth-order valence-electron chi connectivity index (χ4n) is 1.78. The van der Waals surface area contributed by atoms with Gasteiger partial charge in [0.05, 0.1) is 17.8 Å². The number of hydrogen-bond donors (Lipinski definition) is 1. The SMILES string of the molecule is CC(C)c1ncc(Cl)c(C(=O)N(C)CC(=O)NC2CC2)n1. The topological polar surface area (TPSA) is 75.2 Å². The van der Waals surface area contributed by atoms with Crippen LogP contribution in [0.3, 0.4) is 0 Å². The van der Waals surface area contributed by atoms with Gasteiger partial charge in [-0.1, -0.05) is 25.4 Å². The van der Waals surface area contributed by atoms with Crippen molar-refractivity contribution in [3.63, 3.8) is 0 Å². The van der Waals surface area contributed by atoms with Crippen LogP contribution in [0.1, 0.15) is 48.9 Å². The van der Waals surface area contributed by atoms with E-state index in [4.69, 9.17) is 11.6 Å². The van der Waals surface area contributed by atoms with Gasteiger partial charge >= 0.3 is 0 Å². The Morgan fingerprint density at radius 1 is 1.48 bits per heavy atom. The molecule has 114 valence electrons. The lowest BCUT2D eigenvalue weighted by molar-refractivity contribution is -0.121. The maximum absolute atomic E-state index is 12.3. The van der Waals surface area contributed by atoms with Gasteiger partial charge in [0.1, 0.15) is 5.82 Å². The number of aromatic nitrogens is 2. The van der Waals surface area contributed by atoms with Crippen molar-refractivity contribution in [3.05, 3.63) is 22.7 Å². The van der Waals surface area contributed by atoms with Gasteiger partial charge in [0, 0.05) is 19.0 Å². The van der Waals surface area contributed by atoms with Crippen LogP contribution < -0.4 is 5.32 Å². The van der Waals surface area contributed by atoms with Crippen molar-refractivity contribution in [2.24, 2.45) is 0 Å². The Bertz CT molecular complexity index is 558. The highest BCUT2D eigenvalue weighted by molar-refractivity contribution is 6.33. The number of carbonyl (C=O) groups excluding carboxylic acids is 2. The van der Waals surface area contributed by atoms with Crippen molar-refractivity contribution < 1.29 is 9.59 Å². The molecule has 2 rings (SSSR count). The first-order valence-corrected chi connectivity index (χ1v) is 7.33. The predicted octanol–water partition coefficient (Wildman–Crippen LogP) is 1.60. The van der Waals surface area contributed by atoms with Gasteiger partial charge in [0.15, 0.2) is 5.69 Å². The van der Waals surface area contributed by atoms with E-state index >= 15 is 0 Å². The minimum absolute atomic E-state index is 0.00726. The molecule has 6 nitrogen and oxygen atoms in total. The highest BCUT2D eigenvalue weighted by Crippen LogP contribution is 2.19. The van der Waals surface area contributed by atoms with Crippen LogP contribution in [0.2, 0.25) is 5.02 Å². The summed E-state index contributed by atoms with van der Waals surface area (Å²) in [4.78, 5) is 33.7. The van der Waals surface area contributed by atoms with Crippen molar-refractivity contribution in [3.8, 4) is 0 Å².